The molecule has 19 aliphatic carbocycles. The van der Waals surface area contributed by atoms with Crippen molar-refractivity contribution in [3.05, 3.63) is 0 Å². The fourth-order valence-electron chi connectivity index (χ4n) is 34.2. The zero-order valence-corrected chi connectivity index (χ0v) is 60.5. The molecule has 7 aliphatic heterocycles. The topological polar surface area (TPSA) is 158 Å². The SMILES string of the molecule is CC.CC12CCC(C)(C(=O)O1)C2(C)C.CC1C(C)C2CC1C1C3CC(C4C(=O)OCC34)C21.CC1C(C)C2CC1C1C3CC(C4C(=O)OCC34)C21.CC1CC2CC1C1C3CC(C4C(=O)OCC34)C21.CC1CC2CC1C1C3CC(C4COC(=O)C43)C21.O=C1OC2CC3CC(C2)CC1C3. The molecule has 42 atom stereocenters. The van der Waals surface area contributed by atoms with Crippen LogP contribution in [0.4, 0.5) is 0 Å². The number of hydrogen-bond acceptors (Lipinski definition) is 12. The van der Waals surface area contributed by atoms with E-state index in [1.807, 2.05) is 20.8 Å². The standard InChI is InChI=1S/2C16H22O2.2C15H20O2.C10H14O2.C10H16O2.C2H6/c2*1-6-7(2)9-3-8(6)13-10-4-11(14(9)13)15-12(10)5-18-16(15)17;1-6-2-7-3-8(6)13-9-4-10(12(7)13)14-11(9)5-17-15(14)16;1-6-2-7-3-8(6)13-10-4-9(12(7)13)11-5-17-15(16)14(10)11;11-10-8-2-6-1-7(3-8)5-9(4-6)12-10;1-8(2)9(3)5-6-10(8,4)12-7(9)11;1-2/h2*6-15H,3-5H2,1-2H3;2*6-14H,2-5H2,1H3;6-9H,1-5H2;5-6H2,1-4H3;1-2H3. The molecule has 0 aromatic carbocycles. The summed E-state index contributed by atoms with van der Waals surface area (Å²) in [6, 6.07) is 0. The summed E-state index contributed by atoms with van der Waals surface area (Å²) in [5.41, 5.74) is -0.447. The Bertz CT molecular complexity index is 3120. The van der Waals surface area contributed by atoms with Crippen LogP contribution in [0, 0.1) is 253 Å². The Balaban J connectivity index is 0.0000000814. The minimum atomic E-state index is -0.234. The summed E-state index contributed by atoms with van der Waals surface area (Å²) in [4.78, 5) is 70.7. The number of carbonyl (C=O) groups excluding carboxylic acids is 6. The highest BCUT2D eigenvalue weighted by molar-refractivity contribution is 5.82. The maximum atomic E-state index is 12.0. The molecule has 0 aromatic heterocycles. The van der Waals surface area contributed by atoms with Gasteiger partial charge in [-0.1, -0.05) is 69.2 Å². The second-order valence-electron chi connectivity index (χ2n) is 40.2. The molecule has 0 aromatic rings. The van der Waals surface area contributed by atoms with Crippen molar-refractivity contribution in [3.63, 3.8) is 0 Å². The zero-order chi connectivity index (χ0) is 66.3. The van der Waals surface area contributed by atoms with Crippen LogP contribution in [-0.2, 0) is 57.2 Å². The molecule has 26 aliphatic rings. The first-order valence-corrected chi connectivity index (χ1v) is 41.1. The van der Waals surface area contributed by atoms with E-state index in [1.54, 1.807) is 0 Å². The quantitative estimate of drug-likeness (QED) is 0.129. The summed E-state index contributed by atoms with van der Waals surface area (Å²) in [5, 5.41) is 0. The van der Waals surface area contributed by atoms with Gasteiger partial charge < -0.3 is 28.4 Å². The van der Waals surface area contributed by atoms with E-state index in [4.69, 9.17) is 28.4 Å². The van der Waals surface area contributed by atoms with Gasteiger partial charge in [0, 0.05) is 29.1 Å². The molecule has 12 nitrogen and oxygen atoms in total. The molecule has 7 saturated heterocycles. The maximum absolute atomic E-state index is 12.0. The van der Waals surface area contributed by atoms with E-state index >= 15 is 0 Å². The van der Waals surface area contributed by atoms with Crippen LogP contribution in [0.15, 0.2) is 0 Å². The minimum Gasteiger partial charge on any atom is -0.465 e. The van der Waals surface area contributed by atoms with E-state index < -0.39 is 0 Å². The molecule has 12 heteroatoms. The summed E-state index contributed by atoms with van der Waals surface area (Å²) >= 11 is 0. The highest BCUT2D eigenvalue weighted by Crippen LogP contribution is 2.77. The number of fused-ring (bicyclic) bond motifs is 51. The molecular weight excluding hydrogens is 1200 g/mol. The van der Waals surface area contributed by atoms with Crippen LogP contribution in [0.5, 0.6) is 0 Å². The van der Waals surface area contributed by atoms with Crippen molar-refractivity contribution in [2.45, 2.75) is 204 Å². The van der Waals surface area contributed by atoms with Crippen LogP contribution < -0.4 is 0 Å². The lowest BCUT2D eigenvalue weighted by Gasteiger charge is -2.43. The van der Waals surface area contributed by atoms with Crippen molar-refractivity contribution in [3.8, 4) is 0 Å². The molecule has 0 radical (unpaired) electrons. The van der Waals surface area contributed by atoms with E-state index in [2.05, 4.69) is 62.3 Å². The summed E-state index contributed by atoms with van der Waals surface area (Å²) in [6.07, 6.45) is 22.4. The zero-order valence-electron chi connectivity index (χ0n) is 60.5. The predicted molar refractivity (Wildman–Crippen MR) is 357 cm³/mol. The average molecular weight is 1320 g/mol. The Labute approximate surface area is 574 Å². The first-order valence-electron chi connectivity index (χ1n) is 41.1. The van der Waals surface area contributed by atoms with Gasteiger partial charge in [-0.25, -0.2) is 0 Å². The summed E-state index contributed by atoms with van der Waals surface area (Å²) in [6.45, 7) is 30.1. The average Bonchev–Trinajstić information content (AvgIpc) is 1.56. The Hall–Kier alpha value is -3.18. The van der Waals surface area contributed by atoms with E-state index in [0.29, 0.717) is 71.0 Å². The number of carbonyl (C=O) groups is 6. The summed E-state index contributed by atoms with van der Waals surface area (Å²) in [7, 11) is 0. The molecular formula is C84H120O12. The van der Waals surface area contributed by atoms with Gasteiger partial charge in [0.2, 0.25) is 0 Å². The number of rotatable bonds is 0. The maximum Gasteiger partial charge on any atom is 0.313 e. The molecule has 528 valence electrons. The lowest BCUT2D eigenvalue weighted by Crippen LogP contribution is -2.42. The van der Waals surface area contributed by atoms with Gasteiger partial charge in [-0.05, 0) is 312 Å². The van der Waals surface area contributed by atoms with E-state index in [1.165, 1.54) is 70.6 Å². The van der Waals surface area contributed by atoms with Gasteiger partial charge in [0.25, 0.3) is 0 Å². The minimum absolute atomic E-state index is 0.00116. The summed E-state index contributed by atoms with van der Waals surface area (Å²) < 4.78 is 32.3. The van der Waals surface area contributed by atoms with Crippen molar-refractivity contribution >= 4 is 35.8 Å². The Morgan fingerprint density at radius 1 is 0.323 bits per heavy atom. The van der Waals surface area contributed by atoms with Crippen LogP contribution in [0.1, 0.15) is 192 Å². The first kappa shape index (κ1) is 63.7. The number of ether oxygens (including phenoxy) is 6. The van der Waals surface area contributed by atoms with E-state index in [9.17, 15) is 28.8 Å². The van der Waals surface area contributed by atoms with Gasteiger partial charge in [-0.15, -0.1) is 0 Å². The van der Waals surface area contributed by atoms with E-state index in [-0.39, 0.29) is 64.3 Å². The second-order valence-corrected chi connectivity index (χ2v) is 40.2. The fourth-order valence-corrected chi connectivity index (χ4v) is 34.2. The summed E-state index contributed by atoms with van der Waals surface area (Å²) in [5.74, 6) is 33.1. The van der Waals surface area contributed by atoms with Gasteiger partial charge in [0.05, 0.1) is 61.4 Å². The van der Waals surface area contributed by atoms with Crippen molar-refractivity contribution < 1.29 is 57.2 Å². The third-order valence-electron chi connectivity index (χ3n) is 38.3. The number of hydrogen-bond donors (Lipinski definition) is 0. The normalized spacial score (nSPS) is 61.2. The van der Waals surface area contributed by atoms with Crippen molar-refractivity contribution in [2.75, 3.05) is 26.4 Å². The van der Waals surface area contributed by atoms with Crippen LogP contribution >= 0.6 is 0 Å². The highest BCUT2D eigenvalue weighted by Gasteiger charge is 2.76. The molecule has 26 fully saturated rings. The van der Waals surface area contributed by atoms with Gasteiger partial charge in [-0.3, -0.25) is 28.8 Å². The molecule has 7 heterocycles. The lowest BCUT2D eigenvalue weighted by molar-refractivity contribution is -0.158. The Morgan fingerprint density at radius 3 is 1.01 bits per heavy atom. The third-order valence-corrected chi connectivity index (χ3v) is 38.3. The second kappa shape index (κ2) is 21.9. The van der Waals surface area contributed by atoms with Gasteiger partial charge in [-0.2, -0.15) is 0 Å². The lowest BCUT2D eigenvalue weighted by atomic mass is 9.60. The van der Waals surface area contributed by atoms with Crippen LogP contribution in [0.25, 0.3) is 0 Å². The molecule has 26 rings (SSSR count). The van der Waals surface area contributed by atoms with E-state index in [0.717, 1.165) is 231 Å². The van der Waals surface area contributed by atoms with Crippen molar-refractivity contribution in [2.24, 2.45) is 253 Å². The smallest absolute Gasteiger partial charge is 0.313 e. The fraction of sp³-hybridized carbons (Fsp3) is 0.929. The molecule has 0 spiro atoms. The molecule has 42 unspecified atom stereocenters. The molecule has 0 N–H and O–H groups in total. The predicted octanol–water partition coefficient (Wildman–Crippen LogP) is 14.7. The number of esters is 6. The van der Waals surface area contributed by atoms with Gasteiger partial charge >= 0.3 is 35.8 Å². The number of cyclic esters (lactones) is 4. The first-order chi connectivity index (χ1) is 46.0. The molecule has 19 saturated carbocycles. The van der Waals surface area contributed by atoms with Crippen LogP contribution in [0.3, 0.4) is 0 Å². The molecule has 22 bridgehead atoms. The largest absolute Gasteiger partial charge is 0.465 e. The molecule has 96 heavy (non-hydrogen) atoms. The monoisotopic (exact) mass is 1320 g/mol. The highest BCUT2D eigenvalue weighted by atomic mass is 16.6. The van der Waals surface area contributed by atoms with Crippen LogP contribution in [0.2, 0.25) is 0 Å². The van der Waals surface area contributed by atoms with Crippen LogP contribution in [-0.4, -0.2) is 73.9 Å². The van der Waals surface area contributed by atoms with Crippen molar-refractivity contribution in [1.82, 2.24) is 0 Å². The van der Waals surface area contributed by atoms with Gasteiger partial charge in [0.15, 0.2) is 0 Å². The Kier molecular flexibility index (Phi) is 14.6. The molecule has 0 amide bonds. The third kappa shape index (κ3) is 8.32. The van der Waals surface area contributed by atoms with Gasteiger partial charge in [0.1, 0.15) is 11.7 Å². The van der Waals surface area contributed by atoms with Crippen molar-refractivity contribution in [1.29, 1.82) is 0 Å². The Morgan fingerprint density at radius 2 is 0.656 bits per heavy atom.